The number of nitrogens with zero attached hydrogens (tertiary/aromatic N) is 3. The lowest BCUT2D eigenvalue weighted by atomic mass is 10.2. The molecule has 0 amide bonds. The van der Waals surface area contributed by atoms with Gasteiger partial charge >= 0.3 is 5.97 Å². The van der Waals surface area contributed by atoms with Crippen LogP contribution in [0, 0.1) is 13.8 Å². The Labute approximate surface area is 191 Å². The summed E-state index contributed by atoms with van der Waals surface area (Å²) in [6, 6.07) is 14.9. The molecular formula is C24H18ClN3O3S. The van der Waals surface area contributed by atoms with E-state index in [0.717, 1.165) is 33.7 Å². The number of carbonyl (C=O) groups is 1. The molecule has 160 valence electrons. The summed E-state index contributed by atoms with van der Waals surface area (Å²) < 4.78 is 9.09. The van der Waals surface area contributed by atoms with Crippen LogP contribution in [-0.2, 0) is 4.74 Å². The van der Waals surface area contributed by atoms with Crippen LogP contribution < -0.4 is 10.1 Å². The normalized spacial score (nSPS) is 12.2. The summed E-state index contributed by atoms with van der Waals surface area (Å²) in [5.74, 6) is -0.477. The van der Waals surface area contributed by atoms with Gasteiger partial charge in [0.25, 0.3) is 5.56 Å². The van der Waals surface area contributed by atoms with Gasteiger partial charge in [-0.1, -0.05) is 35.1 Å². The molecule has 0 spiro atoms. The summed E-state index contributed by atoms with van der Waals surface area (Å²) >= 11 is 7.70. The van der Waals surface area contributed by atoms with E-state index in [0.29, 0.717) is 20.1 Å². The zero-order valence-corrected chi connectivity index (χ0v) is 19.1. The van der Waals surface area contributed by atoms with Crippen molar-refractivity contribution in [3.8, 4) is 5.69 Å². The minimum atomic E-state index is -0.477. The van der Waals surface area contributed by atoms with E-state index in [4.69, 9.17) is 16.3 Å². The highest BCUT2D eigenvalue weighted by Crippen LogP contribution is 2.26. The molecule has 0 unspecified atom stereocenters. The van der Waals surface area contributed by atoms with Gasteiger partial charge in [0.15, 0.2) is 4.96 Å². The Balaban J connectivity index is 1.63. The Morgan fingerprint density at radius 1 is 1.16 bits per heavy atom. The molecule has 5 aromatic rings. The van der Waals surface area contributed by atoms with Crippen molar-refractivity contribution < 1.29 is 9.53 Å². The van der Waals surface area contributed by atoms with Gasteiger partial charge in [-0.25, -0.2) is 14.2 Å². The molecule has 6 nitrogen and oxygen atoms in total. The molecule has 0 atom stereocenters. The van der Waals surface area contributed by atoms with Crippen LogP contribution in [0.2, 0.25) is 5.02 Å². The summed E-state index contributed by atoms with van der Waals surface area (Å²) in [6.45, 7) is 3.97. The maximum Gasteiger partial charge on any atom is 0.339 e. The van der Waals surface area contributed by atoms with Gasteiger partial charge < -0.3 is 9.30 Å². The number of carbonyl (C=O) groups excluding carboxylic acids is 1. The molecule has 0 N–H and O–H groups in total. The van der Waals surface area contributed by atoms with E-state index in [-0.39, 0.29) is 5.56 Å². The molecule has 32 heavy (non-hydrogen) atoms. The summed E-state index contributed by atoms with van der Waals surface area (Å²) in [4.78, 5) is 30.2. The molecule has 0 radical (unpaired) electrons. The average molecular weight is 464 g/mol. The number of methoxy groups -OCH3 is 1. The molecular weight excluding hydrogens is 446 g/mol. The highest BCUT2D eigenvalue weighted by molar-refractivity contribution is 7.15. The minimum absolute atomic E-state index is 0.0750. The second-order valence-corrected chi connectivity index (χ2v) is 8.87. The number of halogens is 1. The molecule has 8 heteroatoms. The van der Waals surface area contributed by atoms with Crippen molar-refractivity contribution in [1.82, 2.24) is 14.0 Å². The number of hydrogen-bond donors (Lipinski definition) is 0. The van der Waals surface area contributed by atoms with Gasteiger partial charge in [-0.05, 0) is 61.9 Å². The van der Waals surface area contributed by atoms with Gasteiger partial charge in [-0.3, -0.25) is 4.79 Å². The fraction of sp³-hybridized carbons (Fsp3) is 0.125. The predicted octanol–water partition coefficient (Wildman–Crippen LogP) is 4.30. The number of fused-ring (bicyclic) bond motifs is 3. The van der Waals surface area contributed by atoms with Gasteiger partial charge in [0.05, 0.1) is 33.3 Å². The predicted molar refractivity (Wildman–Crippen MR) is 127 cm³/mol. The number of imidazole rings is 1. The van der Waals surface area contributed by atoms with Crippen molar-refractivity contribution in [3.05, 3.63) is 91.0 Å². The minimum Gasteiger partial charge on any atom is -0.465 e. The van der Waals surface area contributed by atoms with Gasteiger partial charge in [0.1, 0.15) is 0 Å². The number of aromatic nitrogens is 3. The summed E-state index contributed by atoms with van der Waals surface area (Å²) in [5, 5.41) is 0.320. The van der Waals surface area contributed by atoms with Crippen molar-refractivity contribution in [2.24, 2.45) is 0 Å². The van der Waals surface area contributed by atoms with Gasteiger partial charge in [-0.15, -0.1) is 0 Å². The Morgan fingerprint density at radius 3 is 2.69 bits per heavy atom. The molecule has 0 saturated carbocycles. The highest BCUT2D eigenvalue weighted by atomic mass is 35.5. The van der Waals surface area contributed by atoms with Crippen molar-refractivity contribution >= 4 is 51.0 Å². The van der Waals surface area contributed by atoms with Crippen LogP contribution in [-0.4, -0.2) is 27.0 Å². The second-order valence-electron chi connectivity index (χ2n) is 7.45. The first-order chi connectivity index (χ1) is 15.4. The largest absolute Gasteiger partial charge is 0.465 e. The number of para-hydroxylation sites is 2. The first kappa shape index (κ1) is 20.5. The lowest BCUT2D eigenvalue weighted by Crippen LogP contribution is -2.22. The smallest absolute Gasteiger partial charge is 0.339 e. The topological polar surface area (TPSA) is 65.6 Å². The number of esters is 1. The summed E-state index contributed by atoms with van der Waals surface area (Å²) in [6.07, 6.45) is 1.90. The SMILES string of the molecule is COC(=O)c1ccc(-n2c(C)cc(/C=c3\sc4nc5ccccc5n4c3=O)c2C)cc1Cl. The van der Waals surface area contributed by atoms with Crippen molar-refractivity contribution in [3.63, 3.8) is 0 Å². The average Bonchev–Trinajstić information content (AvgIpc) is 3.38. The Morgan fingerprint density at radius 2 is 1.94 bits per heavy atom. The summed E-state index contributed by atoms with van der Waals surface area (Å²) in [7, 11) is 1.32. The van der Waals surface area contributed by atoms with E-state index in [2.05, 4.69) is 4.98 Å². The van der Waals surface area contributed by atoms with E-state index in [1.54, 1.807) is 16.5 Å². The van der Waals surface area contributed by atoms with Crippen LogP contribution in [0.15, 0.2) is 53.3 Å². The Hall–Kier alpha value is -3.42. The van der Waals surface area contributed by atoms with E-state index in [9.17, 15) is 9.59 Å². The third-order valence-electron chi connectivity index (χ3n) is 5.52. The summed E-state index contributed by atoms with van der Waals surface area (Å²) in [5.41, 5.74) is 5.57. The van der Waals surface area contributed by atoms with E-state index in [1.165, 1.54) is 18.4 Å². The molecule has 3 heterocycles. The Kier molecular flexibility index (Phi) is 4.87. The molecule has 0 aliphatic heterocycles. The number of aryl methyl sites for hydroxylation is 1. The van der Waals surface area contributed by atoms with E-state index < -0.39 is 5.97 Å². The number of hydrogen-bond acceptors (Lipinski definition) is 5. The monoisotopic (exact) mass is 463 g/mol. The quantitative estimate of drug-likeness (QED) is 0.374. The fourth-order valence-corrected chi connectivity index (χ4v) is 5.23. The maximum atomic E-state index is 13.1. The number of ether oxygens (including phenoxy) is 1. The van der Waals surface area contributed by atoms with Crippen molar-refractivity contribution in [1.29, 1.82) is 0 Å². The first-order valence-corrected chi connectivity index (χ1v) is 11.1. The van der Waals surface area contributed by atoms with E-state index in [1.807, 2.05) is 60.9 Å². The number of benzene rings is 2. The zero-order chi connectivity index (χ0) is 22.6. The first-order valence-electron chi connectivity index (χ1n) is 9.88. The van der Waals surface area contributed by atoms with Crippen molar-refractivity contribution in [2.45, 2.75) is 13.8 Å². The fourth-order valence-electron chi connectivity index (χ4n) is 4.00. The van der Waals surface area contributed by atoms with Crippen LogP contribution >= 0.6 is 22.9 Å². The van der Waals surface area contributed by atoms with Crippen LogP contribution in [0.25, 0.3) is 27.8 Å². The molecule has 0 aliphatic rings. The number of rotatable bonds is 3. The standard InChI is InChI=1S/C24H18ClN3O3S/c1-13-10-15(14(2)27(13)16-8-9-17(18(25)12-16)23(30)31-3)11-21-22(29)28-20-7-5-4-6-19(20)26-24(28)32-21/h4-12H,1-3H3/b21-11-. The second kappa shape index (κ2) is 7.62. The highest BCUT2D eigenvalue weighted by Gasteiger charge is 2.16. The molecule has 5 rings (SSSR count). The molecule has 0 saturated heterocycles. The Bertz CT molecular complexity index is 1640. The molecule has 3 aromatic heterocycles. The van der Waals surface area contributed by atoms with E-state index >= 15 is 0 Å². The molecule has 0 fully saturated rings. The van der Waals surface area contributed by atoms with Gasteiger partial charge in [0, 0.05) is 17.1 Å². The lowest BCUT2D eigenvalue weighted by molar-refractivity contribution is 0.0601. The molecule has 0 bridgehead atoms. The number of thiazole rings is 1. The van der Waals surface area contributed by atoms with Crippen LogP contribution in [0.4, 0.5) is 0 Å². The zero-order valence-electron chi connectivity index (χ0n) is 17.5. The maximum absolute atomic E-state index is 13.1. The van der Waals surface area contributed by atoms with Crippen LogP contribution in [0.3, 0.4) is 0 Å². The van der Waals surface area contributed by atoms with Crippen LogP contribution in [0.5, 0.6) is 0 Å². The van der Waals surface area contributed by atoms with Gasteiger partial charge in [0.2, 0.25) is 0 Å². The van der Waals surface area contributed by atoms with Crippen LogP contribution in [0.1, 0.15) is 27.3 Å². The molecule has 0 aliphatic carbocycles. The van der Waals surface area contributed by atoms with Gasteiger partial charge in [-0.2, -0.15) is 0 Å². The lowest BCUT2D eigenvalue weighted by Gasteiger charge is -2.11. The third-order valence-corrected chi connectivity index (χ3v) is 6.80. The van der Waals surface area contributed by atoms with Crippen molar-refractivity contribution in [2.75, 3.05) is 7.11 Å². The third kappa shape index (κ3) is 3.13. The molecule has 2 aromatic carbocycles.